The highest BCUT2D eigenvalue weighted by molar-refractivity contribution is 6.33. The molecule has 5 heteroatoms. The molecule has 0 radical (unpaired) electrons. The molecular formula is C23H30ClN3O. The van der Waals surface area contributed by atoms with Crippen molar-refractivity contribution in [2.24, 2.45) is 0 Å². The lowest BCUT2D eigenvalue weighted by Crippen LogP contribution is -2.52. The van der Waals surface area contributed by atoms with Crippen molar-refractivity contribution in [1.82, 2.24) is 4.90 Å². The van der Waals surface area contributed by atoms with Crippen LogP contribution in [0.2, 0.25) is 5.02 Å². The Morgan fingerprint density at radius 3 is 2.39 bits per heavy atom. The van der Waals surface area contributed by atoms with Crippen molar-refractivity contribution < 1.29 is 4.74 Å². The van der Waals surface area contributed by atoms with Gasteiger partial charge < -0.3 is 15.4 Å². The van der Waals surface area contributed by atoms with Gasteiger partial charge in [0.1, 0.15) is 11.4 Å². The van der Waals surface area contributed by atoms with Gasteiger partial charge in [-0.05, 0) is 56.5 Å². The van der Waals surface area contributed by atoms with E-state index >= 15 is 0 Å². The van der Waals surface area contributed by atoms with Gasteiger partial charge in [-0.3, -0.25) is 4.90 Å². The molecule has 1 unspecified atom stereocenters. The van der Waals surface area contributed by atoms with E-state index in [2.05, 4.69) is 49.6 Å². The number of para-hydroxylation sites is 1. The zero-order chi connectivity index (χ0) is 20.1. The first kappa shape index (κ1) is 19.4. The number of piperazine rings is 1. The minimum atomic E-state index is -0.204. The van der Waals surface area contributed by atoms with E-state index in [1.165, 1.54) is 16.7 Å². The van der Waals surface area contributed by atoms with Gasteiger partial charge in [0.2, 0.25) is 0 Å². The van der Waals surface area contributed by atoms with Crippen molar-refractivity contribution in [2.45, 2.75) is 39.7 Å². The molecule has 0 aliphatic carbocycles. The Bertz CT molecular complexity index is 866. The van der Waals surface area contributed by atoms with Crippen LogP contribution < -0.4 is 15.4 Å². The van der Waals surface area contributed by atoms with Gasteiger partial charge in [0.05, 0.1) is 10.7 Å². The fourth-order valence-corrected chi connectivity index (χ4v) is 4.89. The average molecular weight is 400 g/mol. The van der Waals surface area contributed by atoms with Gasteiger partial charge in [-0.1, -0.05) is 23.7 Å². The first-order valence-electron chi connectivity index (χ1n) is 10.1. The Morgan fingerprint density at radius 2 is 1.71 bits per heavy atom. The lowest BCUT2D eigenvalue weighted by atomic mass is 9.91. The summed E-state index contributed by atoms with van der Waals surface area (Å²) in [4.78, 5) is 4.89. The Hall–Kier alpha value is -1.91. The largest absolute Gasteiger partial charge is 0.485 e. The van der Waals surface area contributed by atoms with E-state index < -0.39 is 0 Å². The number of benzene rings is 2. The summed E-state index contributed by atoms with van der Waals surface area (Å²) in [6.07, 6.45) is 0.921. The first-order valence-corrected chi connectivity index (χ1v) is 10.5. The molecule has 28 heavy (non-hydrogen) atoms. The minimum absolute atomic E-state index is 0.204. The second-order valence-electron chi connectivity index (χ2n) is 8.54. The third kappa shape index (κ3) is 3.33. The third-order valence-electron chi connectivity index (χ3n) is 6.46. The number of nitrogens with zero attached hydrogens (tertiary/aromatic N) is 2. The van der Waals surface area contributed by atoms with Crippen LogP contribution in [0.25, 0.3) is 0 Å². The van der Waals surface area contributed by atoms with E-state index in [0.717, 1.165) is 66.9 Å². The highest BCUT2D eigenvalue weighted by Crippen LogP contribution is 2.44. The SMILES string of the molecule is Cc1c(C)c2c(c(C)c1N)CC(C)(CN1CCN(c3ccccc3Cl)CC1)O2. The van der Waals surface area contributed by atoms with E-state index in [0.29, 0.717) is 0 Å². The zero-order valence-electron chi connectivity index (χ0n) is 17.3. The molecule has 150 valence electrons. The molecule has 2 N–H and O–H groups in total. The van der Waals surface area contributed by atoms with Crippen LogP contribution in [0, 0.1) is 20.8 Å². The van der Waals surface area contributed by atoms with E-state index in [4.69, 9.17) is 22.1 Å². The summed E-state index contributed by atoms with van der Waals surface area (Å²) in [6.45, 7) is 13.5. The molecule has 1 saturated heterocycles. The highest BCUT2D eigenvalue weighted by atomic mass is 35.5. The number of halogens is 1. The molecule has 0 saturated carbocycles. The Morgan fingerprint density at radius 1 is 1.04 bits per heavy atom. The minimum Gasteiger partial charge on any atom is -0.485 e. The molecule has 2 aromatic rings. The predicted octanol–water partition coefficient (Wildman–Crippen LogP) is 4.36. The molecule has 0 spiro atoms. The Balaban J connectivity index is 1.44. The normalized spacial score (nSPS) is 22.2. The van der Waals surface area contributed by atoms with E-state index in [1.807, 2.05) is 12.1 Å². The van der Waals surface area contributed by atoms with Crippen LogP contribution in [0.4, 0.5) is 11.4 Å². The summed E-state index contributed by atoms with van der Waals surface area (Å²) in [5.74, 6) is 1.06. The quantitative estimate of drug-likeness (QED) is 0.778. The van der Waals surface area contributed by atoms with Gasteiger partial charge in [0.15, 0.2) is 0 Å². The van der Waals surface area contributed by atoms with Crippen LogP contribution in [0.1, 0.15) is 29.2 Å². The summed E-state index contributed by atoms with van der Waals surface area (Å²) < 4.78 is 6.54. The summed E-state index contributed by atoms with van der Waals surface area (Å²) in [5.41, 5.74) is 13.0. The maximum absolute atomic E-state index is 6.54. The van der Waals surface area contributed by atoms with Crippen LogP contribution in [-0.2, 0) is 6.42 Å². The fourth-order valence-electron chi connectivity index (χ4n) is 4.64. The summed E-state index contributed by atoms with van der Waals surface area (Å²) in [5, 5.41) is 0.830. The van der Waals surface area contributed by atoms with Crippen LogP contribution in [-0.4, -0.2) is 43.2 Å². The summed E-state index contributed by atoms with van der Waals surface area (Å²) in [7, 11) is 0. The third-order valence-corrected chi connectivity index (χ3v) is 6.78. The standard InChI is InChI=1S/C23H30ClN3O/c1-15-16(2)22-18(17(3)21(15)25)13-23(4,28-22)14-26-9-11-27(12-10-26)20-8-6-5-7-19(20)24/h5-8H,9-14,25H2,1-4H3. The molecule has 0 aromatic heterocycles. The Labute approximate surface area is 173 Å². The van der Waals surface area contributed by atoms with E-state index in [1.54, 1.807) is 0 Å². The lowest BCUT2D eigenvalue weighted by Gasteiger charge is -2.39. The number of ether oxygens (including phenoxy) is 1. The number of hydrogen-bond donors (Lipinski definition) is 1. The number of nitrogen functional groups attached to an aromatic ring is 1. The zero-order valence-corrected chi connectivity index (χ0v) is 18.1. The molecular weight excluding hydrogens is 370 g/mol. The van der Waals surface area contributed by atoms with Crippen LogP contribution in [0.3, 0.4) is 0 Å². The number of hydrogen-bond acceptors (Lipinski definition) is 4. The van der Waals surface area contributed by atoms with Crippen molar-refractivity contribution in [3.05, 3.63) is 51.5 Å². The smallest absolute Gasteiger partial charge is 0.127 e. The average Bonchev–Trinajstić information content (AvgIpc) is 3.03. The molecule has 2 aliphatic rings. The van der Waals surface area contributed by atoms with Gasteiger partial charge in [0, 0.05) is 50.4 Å². The van der Waals surface area contributed by atoms with Crippen molar-refractivity contribution in [2.75, 3.05) is 43.4 Å². The topological polar surface area (TPSA) is 41.7 Å². The highest BCUT2D eigenvalue weighted by Gasteiger charge is 2.39. The van der Waals surface area contributed by atoms with Gasteiger partial charge in [-0.15, -0.1) is 0 Å². The second kappa shape index (κ2) is 7.16. The number of fused-ring (bicyclic) bond motifs is 1. The molecule has 0 bridgehead atoms. The molecule has 2 heterocycles. The molecule has 1 atom stereocenters. The van der Waals surface area contributed by atoms with Crippen LogP contribution in [0.5, 0.6) is 5.75 Å². The number of rotatable bonds is 3. The van der Waals surface area contributed by atoms with Crippen molar-refractivity contribution >= 4 is 23.0 Å². The molecule has 0 amide bonds. The maximum Gasteiger partial charge on any atom is 0.127 e. The summed E-state index contributed by atoms with van der Waals surface area (Å²) >= 11 is 6.37. The summed E-state index contributed by atoms with van der Waals surface area (Å²) in [6, 6.07) is 8.10. The van der Waals surface area contributed by atoms with E-state index in [9.17, 15) is 0 Å². The molecule has 1 fully saturated rings. The van der Waals surface area contributed by atoms with Gasteiger partial charge in [-0.25, -0.2) is 0 Å². The van der Waals surface area contributed by atoms with Crippen molar-refractivity contribution in [3.63, 3.8) is 0 Å². The number of anilines is 2. The van der Waals surface area contributed by atoms with Crippen LogP contribution in [0.15, 0.2) is 24.3 Å². The van der Waals surface area contributed by atoms with Crippen LogP contribution >= 0.6 is 11.6 Å². The van der Waals surface area contributed by atoms with Gasteiger partial charge >= 0.3 is 0 Å². The molecule has 2 aliphatic heterocycles. The van der Waals surface area contributed by atoms with E-state index in [-0.39, 0.29) is 5.60 Å². The van der Waals surface area contributed by atoms with Gasteiger partial charge in [0.25, 0.3) is 0 Å². The predicted molar refractivity (Wildman–Crippen MR) is 118 cm³/mol. The molecule has 4 rings (SSSR count). The second-order valence-corrected chi connectivity index (χ2v) is 8.95. The first-order chi connectivity index (χ1) is 13.3. The monoisotopic (exact) mass is 399 g/mol. The lowest BCUT2D eigenvalue weighted by molar-refractivity contribution is 0.0604. The fraction of sp³-hybridized carbons (Fsp3) is 0.478. The number of nitrogens with two attached hydrogens (primary N) is 1. The molecule has 4 nitrogen and oxygen atoms in total. The molecule has 2 aromatic carbocycles. The Kier molecular flexibility index (Phi) is 4.96. The van der Waals surface area contributed by atoms with Crippen molar-refractivity contribution in [1.29, 1.82) is 0 Å². The maximum atomic E-state index is 6.54. The van der Waals surface area contributed by atoms with Gasteiger partial charge in [-0.2, -0.15) is 0 Å². The van der Waals surface area contributed by atoms with Crippen molar-refractivity contribution in [3.8, 4) is 5.75 Å².